The summed E-state index contributed by atoms with van der Waals surface area (Å²) < 4.78 is 0. The van der Waals surface area contributed by atoms with E-state index >= 15 is 0 Å². The van der Waals surface area contributed by atoms with Crippen LogP contribution in [0.4, 0.5) is 5.69 Å². The lowest BCUT2D eigenvalue weighted by molar-refractivity contribution is 0.641. The van der Waals surface area contributed by atoms with E-state index < -0.39 is 0 Å². The van der Waals surface area contributed by atoms with Crippen LogP contribution in [-0.2, 0) is 6.42 Å². The molecule has 1 aromatic rings. The maximum atomic E-state index is 5.89. The number of fused-ring (bicyclic) bond motifs is 1. The van der Waals surface area contributed by atoms with Crippen LogP contribution in [0.15, 0.2) is 18.2 Å². The van der Waals surface area contributed by atoms with Crippen molar-refractivity contribution in [3.8, 4) is 0 Å². The first-order valence-corrected chi connectivity index (χ1v) is 4.41. The summed E-state index contributed by atoms with van der Waals surface area (Å²) in [5, 5.41) is 2.81. The quantitative estimate of drug-likeness (QED) is 0.659. The Kier molecular flexibility index (Phi) is 1.95. The van der Waals surface area contributed by atoms with Crippen molar-refractivity contribution in [1.82, 2.24) is 5.43 Å². The molecule has 0 aliphatic carbocycles. The monoisotopic (exact) mass is 182 g/mol. The molecule has 12 heavy (non-hydrogen) atoms. The van der Waals surface area contributed by atoms with E-state index in [1.54, 1.807) is 0 Å². The van der Waals surface area contributed by atoms with Gasteiger partial charge in [-0.1, -0.05) is 17.7 Å². The van der Waals surface area contributed by atoms with Crippen molar-refractivity contribution in [1.29, 1.82) is 0 Å². The van der Waals surface area contributed by atoms with Crippen molar-refractivity contribution >= 4 is 17.3 Å². The Balaban J connectivity index is 2.47. The molecular weight excluding hydrogens is 172 g/mol. The topological polar surface area (TPSA) is 15.3 Å². The average molecular weight is 183 g/mol. The first-order chi connectivity index (χ1) is 5.77. The molecule has 0 saturated heterocycles. The molecule has 0 aromatic heterocycles. The summed E-state index contributed by atoms with van der Waals surface area (Å²) in [7, 11) is 2.01. The summed E-state index contributed by atoms with van der Waals surface area (Å²) in [4.78, 5) is 0. The smallest absolute Gasteiger partial charge is 0.0563 e. The number of benzene rings is 1. The Hall–Kier alpha value is -0.730. The summed E-state index contributed by atoms with van der Waals surface area (Å²) >= 11 is 5.89. The lowest BCUT2D eigenvalue weighted by atomic mass is 10.1. The van der Waals surface area contributed by atoms with E-state index in [0.717, 1.165) is 18.0 Å². The second-order valence-electron chi connectivity index (χ2n) is 2.99. The van der Waals surface area contributed by atoms with Crippen LogP contribution >= 0.6 is 11.6 Å². The molecule has 1 aromatic carbocycles. The number of anilines is 1. The SMILES string of the molecule is CN1NCCc2ccc(Cl)cc21. The summed E-state index contributed by atoms with van der Waals surface area (Å²) in [5.41, 5.74) is 5.79. The molecule has 0 unspecified atom stereocenters. The fourth-order valence-electron chi connectivity index (χ4n) is 1.50. The molecule has 1 aliphatic rings. The fraction of sp³-hybridized carbons (Fsp3) is 0.333. The normalized spacial score (nSPS) is 16.0. The predicted molar refractivity (Wildman–Crippen MR) is 51.6 cm³/mol. The first kappa shape index (κ1) is 7.90. The van der Waals surface area contributed by atoms with E-state index in [9.17, 15) is 0 Å². The van der Waals surface area contributed by atoms with E-state index in [4.69, 9.17) is 11.6 Å². The van der Waals surface area contributed by atoms with Crippen molar-refractivity contribution in [3.63, 3.8) is 0 Å². The molecule has 64 valence electrons. The number of hydrazine groups is 1. The lowest BCUT2D eigenvalue weighted by Gasteiger charge is -2.28. The lowest BCUT2D eigenvalue weighted by Crippen LogP contribution is -2.39. The van der Waals surface area contributed by atoms with E-state index in [1.165, 1.54) is 11.3 Å². The van der Waals surface area contributed by atoms with Gasteiger partial charge in [-0.15, -0.1) is 0 Å². The molecule has 3 heteroatoms. The number of halogens is 1. The van der Waals surface area contributed by atoms with Gasteiger partial charge >= 0.3 is 0 Å². The summed E-state index contributed by atoms with van der Waals surface area (Å²) in [6, 6.07) is 6.03. The van der Waals surface area contributed by atoms with Crippen LogP contribution in [0, 0.1) is 0 Å². The highest BCUT2D eigenvalue weighted by Gasteiger charge is 2.12. The van der Waals surface area contributed by atoms with Gasteiger partial charge in [-0.2, -0.15) is 0 Å². The molecule has 2 nitrogen and oxygen atoms in total. The summed E-state index contributed by atoms with van der Waals surface area (Å²) in [6.07, 6.45) is 1.08. The highest BCUT2D eigenvalue weighted by Crippen LogP contribution is 2.25. The molecule has 0 bridgehead atoms. The van der Waals surface area contributed by atoms with Gasteiger partial charge in [-0.05, 0) is 24.1 Å². The number of hydrogen-bond acceptors (Lipinski definition) is 2. The molecule has 0 fully saturated rings. The van der Waals surface area contributed by atoms with Crippen LogP contribution in [0.3, 0.4) is 0 Å². The van der Waals surface area contributed by atoms with Gasteiger partial charge in [0.05, 0.1) is 5.69 Å². The number of nitrogens with one attached hydrogen (secondary N) is 1. The molecule has 0 atom stereocenters. The van der Waals surface area contributed by atoms with Crippen LogP contribution in [0.1, 0.15) is 5.56 Å². The second-order valence-corrected chi connectivity index (χ2v) is 3.43. The van der Waals surface area contributed by atoms with Gasteiger partial charge in [-0.25, -0.2) is 5.43 Å². The average Bonchev–Trinajstić information content (AvgIpc) is 2.07. The minimum absolute atomic E-state index is 0.796. The predicted octanol–water partition coefficient (Wildman–Crippen LogP) is 1.84. The third-order valence-electron chi connectivity index (χ3n) is 2.15. The second kappa shape index (κ2) is 2.96. The summed E-state index contributed by atoms with van der Waals surface area (Å²) in [6.45, 7) is 1.01. The molecule has 0 amide bonds. The maximum absolute atomic E-state index is 5.89. The largest absolute Gasteiger partial charge is 0.311 e. The standard InChI is InChI=1S/C9H11ClN2/c1-12-9-6-8(10)3-2-7(9)4-5-11-12/h2-3,6,11H,4-5H2,1H3. The minimum atomic E-state index is 0.796. The number of nitrogens with zero attached hydrogens (tertiary/aromatic N) is 1. The van der Waals surface area contributed by atoms with E-state index in [1.807, 2.05) is 24.2 Å². The van der Waals surface area contributed by atoms with Gasteiger partial charge in [0.1, 0.15) is 0 Å². The van der Waals surface area contributed by atoms with Gasteiger partial charge in [0, 0.05) is 18.6 Å². The van der Waals surface area contributed by atoms with Gasteiger partial charge in [0.15, 0.2) is 0 Å². The third-order valence-corrected chi connectivity index (χ3v) is 2.39. The van der Waals surface area contributed by atoms with Gasteiger partial charge < -0.3 is 5.01 Å². The van der Waals surface area contributed by atoms with Crippen LogP contribution in [0.2, 0.25) is 5.02 Å². The highest BCUT2D eigenvalue weighted by atomic mass is 35.5. The van der Waals surface area contributed by atoms with Crippen LogP contribution in [0.5, 0.6) is 0 Å². The van der Waals surface area contributed by atoms with Gasteiger partial charge in [0.2, 0.25) is 0 Å². The Morgan fingerprint density at radius 1 is 1.50 bits per heavy atom. The Bertz CT molecular complexity index is 299. The van der Waals surface area contributed by atoms with Crippen molar-refractivity contribution in [3.05, 3.63) is 28.8 Å². The molecule has 1 heterocycles. The molecule has 1 N–H and O–H groups in total. The summed E-state index contributed by atoms with van der Waals surface area (Å²) in [5.74, 6) is 0. The van der Waals surface area contributed by atoms with E-state index in [0.29, 0.717) is 0 Å². The van der Waals surface area contributed by atoms with Crippen LogP contribution < -0.4 is 10.4 Å². The molecule has 1 aliphatic heterocycles. The third kappa shape index (κ3) is 1.28. The molecule has 0 spiro atoms. The molecule has 0 radical (unpaired) electrons. The van der Waals surface area contributed by atoms with Crippen molar-refractivity contribution in [2.75, 3.05) is 18.6 Å². The van der Waals surface area contributed by atoms with Gasteiger partial charge in [-0.3, -0.25) is 0 Å². The highest BCUT2D eigenvalue weighted by molar-refractivity contribution is 6.30. The minimum Gasteiger partial charge on any atom is -0.311 e. The molecule has 0 saturated carbocycles. The van der Waals surface area contributed by atoms with Crippen LogP contribution in [0.25, 0.3) is 0 Å². The van der Waals surface area contributed by atoms with Crippen molar-refractivity contribution in [2.24, 2.45) is 0 Å². The zero-order chi connectivity index (χ0) is 8.55. The molecular formula is C9H11ClN2. The fourth-order valence-corrected chi connectivity index (χ4v) is 1.67. The Morgan fingerprint density at radius 3 is 3.17 bits per heavy atom. The van der Waals surface area contributed by atoms with Gasteiger partial charge in [0.25, 0.3) is 0 Å². The number of rotatable bonds is 0. The Labute approximate surface area is 77.1 Å². The van der Waals surface area contributed by atoms with Crippen molar-refractivity contribution < 1.29 is 0 Å². The first-order valence-electron chi connectivity index (χ1n) is 4.03. The zero-order valence-corrected chi connectivity index (χ0v) is 7.73. The number of hydrogen-bond donors (Lipinski definition) is 1. The maximum Gasteiger partial charge on any atom is 0.0563 e. The zero-order valence-electron chi connectivity index (χ0n) is 6.97. The molecule has 2 rings (SSSR count). The van der Waals surface area contributed by atoms with Crippen molar-refractivity contribution in [2.45, 2.75) is 6.42 Å². The van der Waals surface area contributed by atoms with E-state index in [-0.39, 0.29) is 0 Å². The van der Waals surface area contributed by atoms with Crippen LogP contribution in [-0.4, -0.2) is 13.6 Å². The van der Waals surface area contributed by atoms with E-state index in [2.05, 4.69) is 11.5 Å². The Morgan fingerprint density at radius 2 is 2.33 bits per heavy atom.